The number of halogens is 1. The Bertz CT molecular complexity index is 1090. The standard InChI is InChI=1S/C22H22BrN3O4/c1-12-3-4-13(7-15(12)23)26-22-14-8-18(27-2)19(9-16(14)24-11-25-22)30-20-10-29-17-5-6-28-21(17)20/h3-4,7-9,11,17,20-21H,5-6,10H2,1-2H3,(H,24,25,26)/t17?,20-,21?/m1/s1. The van der Waals surface area contributed by atoms with Crippen molar-refractivity contribution in [2.45, 2.75) is 31.7 Å². The molecule has 3 atom stereocenters. The average molecular weight is 472 g/mol. The van der Waals surface area contributed by atoms with Crippen LogP contribution in [0.4, 0.5) is 11.5 Å². The molecule has 1 aromatic heterocycles. The Kier molecular flexibility index (Phi) is 5.22. The van der Waals surface area contributed by atoms with Gasteiger partial charge in [-0.2, -0.15) is 0 Å². The molecule has 7 nitrogen and oxygen atoms in total. The van der Waals surface area contributed by atoms with Crippen molar-refractivity contribution in [2.75, 3.05) is 25.6 Å². The van der Waals surface area contributed by atoms with E-state index in [9.17, 15) is 0 Å². The van der Waals surface area contributed by atoms with Crippen molar-refractivity contribution in [3.8, 4) is 11.5 Å². The molecule has 8 heteroatoms. The number of fused-ring (bicyclic) bond motifs is 2. The third kappa shape index (κ3) is 3.59. The molecule has 2 fully saturated rings. The summed E-state index contributed by atoms with van der Waals surface area (Å²) >= 11 is 3.57. The number of methoxy groups -OCH3 is 1. The molecular weight excluding hydrogens is 450 g/mol. The third-order valence-electron chi connectivity index (χ3n) is 5.55. The van der Waals surface area contributed by atoms with Crippen molar-refractivity contribution in [3.05, 3.63) is 46.7 Å². The molecular formula is C22H22BrN3O4. The van der Waals surface area contributed by atoms with E-state index in [0.29, 0.717) is 30.5 Å². The smallest absolute Gasteiger partial charge is 0.164 e. The van der Waals surface area contributed by atoms with Gasteiger partial charge in [0.05, 0.1) is 25.3 Å². The quantitative estimate of drug-likeness (QED) is 0.591. The Morgan fingerprint density at radius 2 is 2.03 bits per heavy atom. The number of aromatic nitrogens is 2. The largest absolute Gasteiger partial charge is 0.493 e. The van der Waals surface area contributed by atoms with Crippen LogP contribution < -0.4 is 14.8 Å². The van der Waals surface area contributed by atoms with Gasteiger partial charge in [-0.25, -0.2) is 9.97 Å². The average Bonchev–Trinajstić information content (AvgIpc) is 3.36. The van der Waals surface area contributed by atoms with E-state index in [1.54, 1.807) is 13.4 Å². The van der Waals surface area contributed by atoms with Gasteiger partial charge in [-0.05, 0) is 37.1 Å². The van der Waals surface area contributed by atoms with E-state index in [2.05, 4.69) is 38.1 Å². The van der Waals surface area contributed by atoms with E-state index < -0.39 is 0 Å². The maximum atomic E-state index is 6.24. The Balaban J connectivity index is 1.47. The van der Waals surface area contributed by atoms with Gasteiger partial charge >= 0.3 is 0 Å². The van der Waals surface area contributed by atoms with Crippen LogP contribution in [0.3, 0.4) is 0 Å². The Labute approximate surface area is 182 Å². The Morgan fingerprint density at radius 1 is 1.13 bits per heavy atom. The molecule has 2 aliphatic rings. The number of hydrogen-bond acceptors (Lipinski definition) is 7. The Hall–Kier alpha value is -2.42. The number of rotatable bonds is 5. The second-order valence-electron chi connectivity index (χ2n) is 7.48. The van der Waals surface area contributed by atoms with Crippen LogP contribution in [0.2, 0.25) is 0 Å². The molecule has 0 radical (unpaired) electrons. The minimum atomic E-state index is -0.159. The number of anilines is 2. The molecule has 30 heavy (non-hydrogen) atoms. The highest BCUT2D eigenvalue weighted by atomic mass is 79.9. The third-order valence-corrected chi connectivity index (χ3v) is 6.41. The van der Waals surface area contributed by atoms with Crippen LogP contribution in [0.5, 0.6) is 11.5 Å². The van der Waals surface area contributed by atoms with E-state index in [1.807, 2.05) is 30.3 Å². The molecule has 0 saturated carbocycles. The van der Waals surface area contributed by atoms with Crippen molar-refractivity contribution in [1.82, 2.24) is 9.97 Å². The van der Waals surface area contributed by atoms with Crippen molar-refractivity contribution < 1.29 is 18.9 Å². The first-order chi connectivity index (χ1) is 14.6. The normalized spacial score (nSPS) is 22.8. The highest BCUT2D eigenvalue weighted by molar-refractivity contribution is 9.10. The first kappa shape index (κ1) is 19.5. The summed E-state index contributed by atoms with van der Waals surface area (Å²) in [6, 6.07) is 9.87. The van der Waals surface area contributed by atoms with E-state index in [4.69, 9.17) is 18.9 Å². The number of ether oxygens (including phenoxy) is 4. The van der Waals surface area contributed by atoms with Crippen LogP contribution in [0.1, 0.15) is 12.0 Å². The lowest BCUT2D eigenvalue weighted by Gasteiger charge is -2.20. The van der Waals surface area contributed by atoms with Crippen molar-refractivity contribution >= 4 is 38.3 Å². The highest BCUT2D eigenvalue weighted by Gasteiger charge is 2.43. The van der Waals surface area contributed by atoms with E-state index in [-0.39, 0.29) is 18.3 Å². The summed E-state index contributed by atoms with van der Waals surface area (Å²) in [4.78, 5) is 8.87. The van der Waals surface area contributed by atoms with Crippen LogP contribution in [0, 0.1) is 6.92 Å². The van der Waals surface area contributed by atoms with Gasteiger partial charge in [0.15, 0.2) is 17.6 Å². The summed E-state index contributed by atoms with van der Waals surface area (Å²) < 4.78 is 24.5. The summed E-state index contributed by atoms with van der Waals surface area (Å²) in [5.74, 6) is 1.94. The molecule has 0 spiro atoms. The second kappa shape index (κ2) is 8.02. The van der Waals surface area contributed by atoms with E-state index in [1.165, 1.54) is 5.56 Å². The summed E-state index contributed by atoms with van der Waals surface area (Å²) in [6.45, 7) is 3.27. The van der Waals surface area contributed by atoms with Crippen LogP contribution in [0.15, 0.2) is 41.1 Å². The maximum Gasteiger partial charge on any atom is 0.164 e. The summed E-state index contributed by atoms with van der Waals surface area (Å²) in [7, 11) is 1.63. The Morgan fingerprint density at radius 3 is 2.87 bits per heavy atom. The lowest BCUT2D eigenvalue weighted by molar-refractivity contribution is 0.0298. The zero-order chi connectivity index (χ0) is 20.7. The predicted molar refractivity (Wildman–Crippen MR) is 117 cm³/mol. The molecule has 1 N–H and O–H groups in total. The fourth-order valence-corrected chi connectivity index (χ4v) is 4.30. The molecule has 0 amide bonds. The summed E-state index contributed by atoms with van der Waals surface area (Å²) in [5.41, 5.74) is 2.86. The monoisotopic (exact) mass is 471 g/mol. The number of nitrogens with zero attached hydrogens (tertiary/aromatic N) is 2. The number of aryl methyl sites for hydroxylation is 1. The van der Waals surface area contributed by atoms with Crippen LogP contribution >= 0.6 is 15.9 Å². The van der Waals surface area contributed by atoms with Gasteiger partial charge in [-0.15, -0.1) is 0 Å². The second-order valence-corrected chi connectivity index (χ2v) is 8.34. The van der Waals surface area contributed by atoms with Gasteiger partial charge in [0.2, 0.25) is 0 Å². The number of nitrogens with one attached hydrogen (secondary N) is 1. The zero-order valence-corrected chi connectivity index (χ0v) is 18.3. The van der Waals surface area contributed by atoms with Crippen molar-refractivity contribution in [3.63, 3.8) is 0 Å². The minimum absolute atomic E-state index is 0.0342. The first-order valence-electron chi connectivity index (χ1n) is 9.88. The summed E-state index contributed by atoms with van der Waals surface area (Å²) in [6.07, 6.45) is 2.38. The maximum absolute atomic E-state index is 6.24. The van der Waals surface area contributed by atoms with Gasteiger partial charge in [-0.1, -0.05) is 22.0 Å². The van der Waals surface area contributed by atoms with Crippen LogP contribution in [-0.2, 0) is 9.47 Å². The van der Waals surface area contributed by atoms with Crippen LogP contribution in [-0.4, -0.2) is 48.6 Å². The molecule has 2 aromatic carbocycles. The molecule has 2 saturated heterocycles. The molecule has 3 heterocycles. The minimum Gasteiger partial charge on any atom is -0.493 e. The lowest BCUT2D eigenvalue weighted by Crippen LogP contribution is -2.32. The van der Waals surface area contributed by atoms with E-state index in [0.717, 1.165) is 27.5 Å². The first-order valence-corrected chi connectivity index (χ1v) is 10.7. The van der Waals surface area contributed by atoms with Gasteiger partial charge in [0.1, 0.15) is 18.2 Å². The van der Waals surface area contributed by atoms with Gasteiger partial charge in [-0.3, -0.25) is 0 Å². The fourth-order valence-electron chi connectivity index (χ4n) is 3.92. The molecule has 2 unspecified atom stereocenters. The fraction of sp³-hybridized carbons (Fsp3) is 0.364. The van der Waals surface area contributed by atoms with Crippen molar-refractivity contribution in [2.24, 2.45) is 0 Å². The summed E-state index contributed by atoms with van der Waals surface area (Å²) in [5, 5.41) is 4.22. The predicted octanol–water partition coefficient (Wildman–Crippen LogP) is 4.39. The van der Waals surface area contributed by atoms with Gasteiger partial charge < -0.3 is 24.3 Å². The van der Waals surface area contributed by atoms with Gasteiger partial charge in [0, 0.05) is 28.2 Å². The molecule has 156 valence electrons. The molecule has 0 bridgehead atoms. The van der Waals surface area contributed by atoms with E-state index >= 15 is 0 Å². The molecule has 0 aliphatic carbocycles. The SMILES string of the molecule is COc1cc2c(Nc3ccc(C)c(Br)c3)ncnc2cc1O[C@@H]1COC2CCOC21. The number of hydrogen-bond donors (Lipinski definition) is 1. The lowest BCUT2D eigenvalue weighted by atomic mass is 10.1. The number of benzene rings is 2. The zero-order valence-electron chi connectivity index (χ0n) is 16.7. The van der Waals surface area contributed by atoms with Crippen molar-refractivity contribution in [1.29, 1.82) is 0 Å². The van der Waals surface area contributed by atoms with Crippen LogP contribution in [0.25, 0.3) is 10.9 Å². The topological polar surface area (TPSA) is 74.7 Å². The van der Waals surface area contributed by atoms with Gasteiger partial charge in [0.25, 0.3) is 0 Å². The molecule has 2 aliphatic heterocycles. The molecule has 5 rings (SSSR count). The molecule has 3 aromatic rings. The highest BCUT2D eigenvalue weighted by Crippen LogP contribution is 2.38.